The number of benzene rings is 3. The number of nitrogens with one attached hydrogen (secondary N) is 1. The quantitative estimate of drug-likeness (QED) is 0.298. The lowest BCUT2D eigenvalue weighted by Crippen LogP contribution is -2.39. The molecule has 0 bridgehead atoms. The standard InChI is InChI=1S/C31H34N4O6/c1-20-16-22(8-12-25(20)30(38)41-15-14-33(2)3)19-35-29(37)26-17-23(9-13-27(26)34(4)31(35)39)28(36)32-18-21-6-10-24(40-5)11-7-21/h6-13,16-17H,14-15,18-19H2,1-5H3,(H,32,36). The predicted molar refractivity (Wildman–Crippen MR) is 157 cm³/mol. The first-order valence-corrected chi connectivity index (χ1v) is 13.1. The second kappa shape index (κ2) is 12.6. The zero-order chi connectivity index (χ0) is 29.7. The minimum absolute atomic E-state index is 0.00609. The largest absolute Gasteiger partial charge is 0.497 e. The third-order valence-electron chi connectivity index (χ3n) is 6.85. The zero-order valence-corrected chi connectivity index (χ0v) is 23.9. The maximum absolute atomic E-state index is 13.5. The molecular weight excluding hydrogens is 524 g/mol. The van der Waals surface area contributed by atoms with Gasteiger partial charge in [-0.3, -0.25) is 18.7 Å². The Morgan fingerprint density at radius 1 is 0.951 bits per heavy atom. The molecule has 0 aliphatic carbocycles. The fourth-order valence-corrected chi connectivity index (χ4v) is 4.46. The first-order valence-electron chi connectivity index (χ1n) is 13.1. The number of ether oxygens (including phenoxy) is 2. The molecule has 0 radical (unpaired) electrons. The van der Waals surface area contributed by atoms with Crippen molar-refractivity contribution < 1.29 is 19.1 Å². The molecule has 10 heteroatoms. The van der Waals surface area contributed by atoms with Crippen LogP contribution in [0.25, 0.3) is 10.9 Å². The van der Waals surface area contributed by atoms with Crippen LogP contribution in [0.3, 0.4) is 0 Å². The number of amides is 1. The first-order chi connectivity index (χ1) is 19.6. The molecule has 4 aromatic rings. The smallest absolute Gasteiger partial charge is 0.338 e. The average Bonchev–Trinajstić information content (AvgIpc) is 2.96. The molecule has 0 saturated carbocycles. The van der Waals surface area contributed by atoms with Gasteiger partial charge in [0.15, 0.2) is 0 Å². The lowest BCUT2D eigenvalue weighted by molar-refractivity contribution is 0.0481. The maximum atomic E-state index is 13.5. The van der Waals surface area contributed by atoms with Crippen molar-refractivity contribution in [2.45, 2.75) is 20.0 Å². The van der Waals surface area contributed by atoms with E-state index in [0.29, 0.717) is 40.9 Å². The Morgan fingerprint density at radius 3 is 2.32 bits per heavy atom. The summed E-state index contributed by atoms with van der Waals surface area (Å²) in [6, 6.07) is 17.2. The van der Waals surface area contributed by atoms with Gasteiger partial charge in [-0.05, 0) is 74.1 Å². The van der Waals surface area contributed by atoms with Gasteiger partial charge < -0.3 is 19.7 Å². The van der Waals surface area contributed by atoms with E-state index in [1.165, 1.54) is 10.6 Å². The summed E-state index contributed by atoms with van der Waals surface area (Å²) >= 11 is 0. The van der Waals surface area contributed by atoms with Gasteiger partial charge in [-0.2, -0.15) is 0 Å². The van der Waals surface area contributed by atoms with Crippen molar-refractivity contribution in [3.8, 4) is 5.75 Å². The van der Waals surface area contributed by atoms with Crippen LogP contribution in [0.15, 0.2) is 70.3 Å². The van der Waals surface area contributed by atoms with Gasteiger partial charge in [0.1, 0.15) is 12.4 Å². The summed E-state index contributed by atoms with van der Waals surface area (Å²) in [5.74, 6) is -0.0422. The van der Waals surface area contributed by atoms with Gasteiger partial charge >= 0.3 is 11.7 Å². The summed E-state index contributed by atoms with van der Waals surface area (Å²) in [6.45, 7) is 2.98. The van der Waals surface area contributed by atoms with Gasteiger partial charge in [-0.15, -0.1) is 0 Å². The minimum atomic E-state index is -0.502. The molecule has 0 aliphatic heterocycles. The Labute approximate surface area is 237 Å². The van der Waals surface area contributed by atoms with Crippen LogP contribution in [0.4, 0.5) is 0 Å². The SMILES string of the molecule is COc1ccc(CNC(=O)c2ccc3c(c2)c(=O)n(Cc2ccc(C(=O)OCCN(C)C)c(C)c2)c(=O)n3C)cc1. The van der Waals surface area contributed by atoms with Crippen LogP contribution >= 0.6 is 0 Å². The second-order valence-corrected chi connectivity index (χ2v) is 10.1. The number of rotatable bonds is 10. The van der Waals surface area contributed by atoms with Crippen molar-refractivity contribution >= 4 is 22.8 Å². The van der Waals surface area contributed by atoms with E-state index in [9.17, 15) is 19.2 Å². The number of esters is 1. The van der Waals surface area contributed by atoms with Gasteiger partial charge in [0.05, 0.1) is 30.1 Å². The highest BCUT2D eigenvalue weighted by Gasteiger charge is 2.16. The number of fused-ring (bicyclic) bond motifs is 1. The zero-order valence-electron chi connectivity index (χ0n) is 23.9. The van der Waals surface area contributed by atoms with E-state index in [1.807, 2.05) is 43.3 Å². The summed E-state index contributed by atoms with van der Waals surface area (Å²) in [7, 11) is 6.96. The second-order valence-electron chi connectivity index (χ2n) is 10.1. The van der Waals surface area contributed by atoms with Crippen LogP contribution in [0.2, 0.25) is 0 Å². The van der Waals surface area contributed by atoms with Gasteiger partial charge in [0, 0.05) is 25.7 Å². The van der Waals surface area contributed by atoms with E-state index in [1.54, 1.807) is 51.4 Å². The molecule has 1 aromatic heterocycles. The lowest BCUT2D eigenvalue weighted by Gasteiger charge is -2.14. The summed E-state index contributed by atoms with van der Waals surface area (Å²) in [5.41, 5.74) is 2.43. The van der Waals surface area contributed by atoms with E-state index in [0.717, 1.165) is 15.9 Å². The van der Waals surface area contributed by atoms with Crippen LogP contribution in [-0.4, -0.2) is 60.3 Å². The average molecular weight is 559 g/mol. The van der Waals surface area contributed by atoms with Crippen molar-refractivity contribution in [1.29, 1.82) is 0 Å². The summed E-state index contributed by atoms with van der Waals surface area (Å²) in [5, 5.41) is 3.11. The summed E-state index contributed by atoms with van der Waals surface area (Å²) in [6.07, 6.45) is 0. The highest BCUT2D eigenvalue weighted by molar-refractivity contribution is 5.97. The van der Waals surface area contributed by atoms with E-state index >= 15 is 0 Å². The molecule has 1 heterocycles. The van der Waals surface area contributed by atoms with Crippen LogP contribution < -0.4 is 21.3 Å². The maximum Gasteiger partial charge on any atom is 0.338 e. The van der Waals surface area contributed by atoms with Gasteiger partial charge in [0.25, 0.3) is 11.5 Å². The molecule has 214 valence electrons. The highest BCUT2D eigenvalue weighted by atomic mass is 16.5. The van der Waals surface area contributed by atoms with Crippen molar-refractivity contribution in [1.82, 2.24) is 19.4 Å². The fraction of sp³-hybridized carbons (Fsp3) is 0.290. The number of carbonyl (C=O) groups is 2. The third kappa shape index (κ3) is 6.72. The van der Waals surface area contributed by atoms with Gasteiger partial charge in [0.2, 0.25) is 0 Å². The summed E-state index contributed by atoms with van der Waals surface area (Å²) < 4.78 is 13.0. The molecule has 0 saturated heterocycles. The number of likely N-dealkylation sites (N-methyl/N-ethyl adjacent to an activating group) is 1. The number of aryl methyl sites for hydroxylation is 2. The molecule has 1 amide bonds. The lowest BCUT2D eigenvalue weighted by atomic mass is 10.0. The predicted octanol–water partition coefficient (Wildman–Crippen LogP) is 2.71. The topological polar surface area (TPSA) is 112 Å². The van der Waals surface area contributed by atoms with Crippen LogP contribution in [0.1, 0.15) is 37.4 Å². The Kier molecular flexibility index (Phi) is 9.04. The van der Waals surface area contributed by atoms with E-state index in [4.69, 9.17) is 9.47 Å². The van der Waals surface area contributed by atoms with Crippen molar-refractivity contribution in [2.24, 2.45) is 7.05 Å². The molecule has 3 aromatic carbocycles. The Morgan fingerprint density at radius 2 is 1.66 bits per heavy atom. The Bertz CT molecular complexity index is 1700. The van der Waals surface area contributed by atoms with E-state index in [-0.39, 0.29) is 24.4 Å². The summed E-state index contributed by atoms with van der Waals surface area (Å²) in [4.78, 5) is 53.9. The molecular formula is C31H34N4O6. The number of carbonyl (C=O) groups excluding carboxylic acids is 2. The molecule has 0 aliphatic rings. The van der Waals surface area contributed by atoms with Crippen LogP contribution in [0.5, 0.6) is 5.75 Å². The van der Waals surface area contributed by atoms with Gasteiger partial charge in [-0.25, -0.2) is 9.59 Å². The first kappa shape index (κ1) is 29.3. The van der Waals surface area contributed by atoms with Gasteiger partial charge in [-0.1, -0.05) is 24.3 Å². The van der Waals surface area contributed by atoms with E-state index in [2.05, 4.69) is 5.32 Å². The van der Waals surface area contributed by atoms with Crippen molar-refractivity contribution in [2.75, 3.05) is 34.4 Å². The van der Waals surface area contributed by atoms with Crippen molar-refractivity contribution in [3.05, 3.63) is 109 Å². The molecule has 1 N–H and O–H groups in total. The fourth-order valence-electron chi connectivity index (χ4n) is 4.46. The minimum Gasteiger partial charge on any atom is -0.497 e. The molecule has 41 heavy (non-hydrogen) atoms. The molecule has 4 rings (SSSR count). The number of aromatic nitrogens is 2. The number of nitrogens with zero attached hydrogens (tertiary/aromatic N) is 3. The van der Waals surface area contributed by atoms with Crippen molar-refractivity contribution in [3.63, 3.8) is 0 Å². The molecule has 10 nitrogen and oxygen atoms in total. The molecule has 0 spiro atoms. The normalized spacial score (nSPS) is 11.1. The molecule has 0 unspecified atom stereocenters. The third-order valence-corrected chi connectivity index (χ3v) is 6.85. The molecule has 0 fully saturated rings. The Hall–Kier alpha value is -4.70. The van der Waals surface area contributed by atoms with Crippen LogP contribution in [-0.2, 0) is 24.9 Å². The number of hydrogen-bond acceptors (Lipinski definition) is 7. The number of hydrogen-bond donors (Lipinski definition) is 1. The van der Waals surface area contributed by atoms with Crippen LogP contribution in [0, 0.1) is 6.92 Å². The highest BCUT2D eigenvalue weighted by Crippen LogP contribution is 2.16. The number of methoxy groups -OCH3 is 1. The van der Waals surface area contributed by atoms with E-state index < -0.39 is 17.2 Å². The Balaban J connectivity index is 1.56. The molecule has 0 atom stereocenters. The monoisotopic (exact) mass is 558 g/mol.